The van der Waals surface area contributed by atoms with Crippen molar-refractivity contribution in [3.63, 3.8) is 0 Å². The quantitative estimate of drug-likeness (QED) is 0.788. The number of alkyl halides is 3. The fourth-order valence-electron chi connectivity index (χ4n) is 2.06. The van der Waals surface area contributed by atoms with Crippen LogP contribution in [-0.4, -0.2) is 54.0 Å². The molecule has 0 bridgehead atoms. The van der Waals surface area contributed by atoms with E-state index in [4.69, 9.17) is 4.42 Å². The lowest BCUT2D eigenvalue weighted by Gasteiger charge is -2.22. The van der Waals surface area contributed by atoms with Crippen molar-refractivity contribution in [1.82, 2.24) is 9.80 Å². The predicted octanol–water partition coefficient (Wildman–Crippen LogP) is 1.52. The monoisotopic (exact) mass is 290 g/mol. The van der Waals surface area contributed by atoms with Crippen LogP contribution in [0.5, 0.6) is 0 Å². The van der Waals surface area contributed by atoms with Crippen LogP contribution in [0.2, 0.25) is 0 Å². The summed E-state index contributed by atoms with van der Waals surface area (Å²) >= 11 is 0. The van der Waals surface area contributed by atoms with Gasteiger partial charge in [0.1, 0.15) is 0 Å². The minimum Gasteiger partial charge on any atom is -0.459 e. The molecular formula is C12H13F3N2O3. The summed E-state index contributed by atoms with van der Waals surface area (Å²) in [5.74, 6) is -2.10. The van der Waals surface area contributed by atoms with Crippen molar-refractivity contribution < 1.29 is 27.2 Å². The molecule has 0 spiro atoms. The van der Waals surface area contributed by atoms with Gasteiger partial charge in [-0.1, -0.05) is 0 Å². The summed E-state index contributed by atoms with van der Waals surface area (Å²) in [6.07, 6.45) is -3.22. The topological polar surface area (TPSA) is 53.8 Å². The van der Waals surface area contributed by atoms with Crippen LogP contribution in [0, 0.1) is 0 Å². The number of hydrogen-bond acceptors (Lipinski definition) is 3. The molecule has 1 aromatic rings. The van der Waals surface area contributed by atoms with Crippen molar-refractivity contribution in [2.24, 2.45) is 0 Å². The van der Waals surface area contributed by atoms with Crippen molar-refractivity contribution in [1.29, 1.82) is 0 Å². The van der Waals surface area contributed by atoms with E-state index in [1.165, 1.54) is 17.2 Å². The highest BCUT2D eigenvalue weighted by Crippen LogP contribution is 2.20. The summed E-state index contributed by atoms with van der Waals surface area (Å²) in [5.41, 5.74) is 0. The molecule has 1 aromatic heterocycles. The Labute approximate surface area is 112 Å². The van der Waals surface area contributed by atoms with Gasteiger partial charge >= 0.3 is 12.1 Å². The molecule has 0 atom stereocenters. The predicted molar refractivity (Wildman–Crippen MR) is 61.9 cm³/mol. The molecule has 110 valence electrons. The van der Waals surface area contributed by atoms with Crippen molar-refractivity contribution in [3.05, 3.63) is 24.2 Å². The van der Waals surface area contributed by atoms with Crippen LogP contribution >= 0.6 is 0 Å². The van der Waals surface area contributed by atoms with Gasteiger partial charge in [-0.3, -0.25) is 9.59 Å². The second-order valence-corrected chi connectivity index (χ2v) is 4.41. The van der Waals surface area contributed by atoms with E-state index < -0.39 is 12.1 Å². The maximum atomic E-state index is 12.4. The molecule has 1 aliphatic heterocycles. The summed E-state index contributed by atoms with van der Waals surface area (Å²) in [6.45, 7) is 0.202. The Morgan fingerprint density at radius 1 is 1.10 bits per heavy atom. The first-order valence-electron chi connectivity index (χ1n) is 6.08. The summed E-state index contributed by atoms with van der Waals surface area (Å²) in [7, 11) is 0. The van der Waals surface area contributed by atoms with Crippen molar-refractivity contribution in [2.75, 3.05) is 26.2 Å². The Kier molecular flexibility index (Phi) is 4.01. The van der Waals surface area contributed by atoms with Crippen molar-refractivity contribution in [3.8, 4) is 0 Å². The van der Waals surface area contributed by atoms with Gasteiger partial charge in [-0.15, -0.1) is 0 Å². The number of amides is 2. The standard InChI is InChI=1S/C12H13F3N2O3/c13-12(14,15)11(19)17-5-2-4-16(6-7-17)10(18)9-3-1-8-20-9/h1,3,8H,2,4-7H2. The zero-order valence-electron chi connectivity index (χ0n) is 10.5. The van der Waals surface area contributed by atoms with Crippen molar-refractivity contribution >= 4 is 11.8 Å². The highest BCUT2D eigenvalue weighted by Gasteiger charge is 2.42. The number of rotatable bonds is 1. The van der Waals surface area contributed by atoms with Crippen LogP contribution in [0.1, 0.15) is 17.0 Å². The van der Waals surface area contributed by atoms with Gasteiger partial charge in [0.15, 0.2) is 5.76 Å². The number of nitrogens with zero attached hydrogens (tertiary/aromatic N) is 2. The Bertz CT molecular complexity index is 485. The maximum absolute atomic E-state index is 12.4. The average Bonchev–Trinajstić information content (AvgIpc) is 2.80. The Morgan fingerprint density at radius 3 is 2.35 bits per heavy atom. The van der Waals surface area contributed by atoms with Crippen LogP contribution < -0.4 is 0 Å². The van der Waals surface area contributed by atoms with Gasteiger partial charge in [0.25, 0.3) is 5.91 Å². The Hall–Kier alpha value is -1.99. The van der Waals surface area contributed by atoms with E-state index in [0.29, 0.717) is 13.0 Å². The van der Waals surface area contributed by atoms with Gasteiger partial charge in [0, 0.05) is 26.2 Å². The van der Waals surface area contributed by atoms with E-state index in [2.05, 4.69) is 0 Å². The first kappa shape index (κ1) is 14.4. The molecule has 2 rings (SSSR count). The van der Waals surface area contributed by atoms with Crippen molar-refractivity contribution in [2.45, 2.75) is 12.6 Å². The van der Waals surface area contributed by atoms with Gasteiger partial charge < -0.3 is 14.2 Å². The highest BCUT2D eigenvalue weighted by atomic mass is 19.4. The number of halogens is 3. The average molecular weight is 290 g/mol. The lowest BCUT2D eigenvalue weighted by atomic mass is 10.3. The molecule has 0 N–H and O–H groups in total. The minimum atomic E-state index is -4.87. The molecule has 0 unspecified atom stereocenters. The summed E-state index contributed by atoms with van der Waals surface area (Å²) in [5, 5.41) is 0. The Balaban J connectivity index is 1.99. The third-order valence-corrected chi connectivity index (χ3v) is 3.04. The molecule has 5 nitrogen and oxygen atoms in total. The summed E-state index contributed by atoms with van der Waals surface area (Å²) < 4.78 is 42.0. The zero-order valence-corrected chi connectivity index (χ0v) is 10.5. The Morgan fingerprint density at radius 2 is 1.75 bits per heavy atom. The first-order chi connectivity index (χ1) is 9.39. The number of furan rings is 1. The van der Waals surface area contributed by atoms with E-state index >= 15 is 0 Å². The lowest BCUT2D eigenvalue weighted by Crippen LogP contribution is -2.43. The second-order valence-electron chi connectivity index (χ2n) is 4.41. The molecule has 1 fully saturated rings. The third-order valence-electron chi connectivity index (χ3n) is 3.04. The van der Waals surface area contributed by atoms with Crippen LogP contribution in [0.3, 0.4) is 0 Å². The molecule has 8 heteroatoms. The SMILES string of the molecule is O=C(c1ccco1)N1CCCN(C(=O)C(F)(F)F)CC1. The number of carbonyl (C=O) groups is 2. The molecule has 2 heterocycles. The van der Waals surface area contributed by atoms with Gasteiger partial charge in [-0.25, -0.2) is 0 Å². The maximum Gasteiger partial charge on any atom is 0.471 e. The summed E-state index contributed by atoms with van der Waals surface area (Å²) in [6, 6.07) is 3.05. The lowest BCUT2D eigenvalue weighted by molar-refractivity contribution is -0.185. The van der Waals surface area contributed by atoms with Crippen LogP contribution in [0.15, 0.2) is 22.8 Å². The second kappa shape index (κ2) is 5.56. The van der Waals surface area contributed by atoms with Gasteiger partial charge in [-0.05, 0) is 18.6 Å². The van der Waals surface area contributed by atoms with Gasteiger partial charge in [0.2, 0.25) is 0 Å². The molecule has 1 aliphatic rings. The highest BCUT2D eigenvalue weighted by molar-refractivity contribution is 5.91. The molecule has 0 saturated carbocycles. The van der Waals surface area contributed by atoms with Crippen LogP contribution in [0.25, 0.3) is 0 Å². The molecule has 2 amide bonds. The fourth-order valence-corrected chi connectivity index (χ4v) is 2.06. The summed E-state index contributed by atoms with van der Waals surface area (Å²) in [4.78, 5) is 25.3. The van der Waals surface area contributed by atoms with E-state index in [9.17, 15) is 22.8 Å². The smallest absolute Gasteiger partial charge is 0.459 e. The number of carbonyl (C=O) groups excluding carboxylic acids is 2. The van der Waals surface area contributed by atoms with E-state index in [0.717, 1.165) is 4.90 Å². The van der Waals surface area contributed by atoms with E-state index in [1.54, 1.807) is 6.07 Å². The molecule has 0 aliphatic carbocycles. The first-order valence-corrected chi connectivity index (χ1v) is 6.08. The van der Waals surface area contributed by atoms with Gasteiger partial charge in [-0.2, -0.15) is 13.2 Å². The zero-order chi connectivity index (χ0) is 14.8. The molecule has 0 radical (unpaired) electrons. The van der Waals surface area contributed by atoms with E-state index in [1.807, 2.05) is 0 Å². The van der Waals surface area contributed by atoms with Crippen LogP contribution in [0.4, 0.5) is 13.2 Å². The normalized spacial score (nSPS) is 16.9. The van der Waals surface area contributed by atoms with Gasteiger partial charge in [0.05, 0.1) is 6.26 Å². The molecule has 20 heavy (non-hydrogen) atoms. The van der Waals surface area contributed by atoms with E-state index in [-0.39, 0.29) is 31.3 Å². The fraction of sp³-hybridized carbons (Fsp3) is 0.500. The number of hydrogen-bond donors (Lipinski definition) is 0. The molecular weight excluding hydrogens is 277 g/mol. The molecule has 0 aromatic carbocycles. The van der Waals surface area contributed by atoms with Crippen LogP contribution in [-0.2, 0) is 4.79 Å². The minimum absolute atomic E-state index is 0.0136. The molecule has 1 saturated heterocycles. The third kappa shape index (κ3) is 3.12. The largest absolute Gasteiger partial charge is 0.471 e.